The van der Waals surface area contributed by atoms with Gasteiger partial charge in [-0.1, -0.05) is 25.0 Å². The van der Waals surface area contributed by atoms with E-state index in [1.807, 2.05) is 0 Å². The SMILES string of the molecule is O=C1NC(=NC2CCCC2)S/C1=C/c1ccc(F)cc1. The van der Waals surface area contributed by atoms with Crippen molar-refractivity contribution >= 4 is 28.9 Å². The molecule has 5 heteroatoms. The molecule has 3 nitrogen and oxygen atoms in total. The molecule has 1 aliphatic heterocycles. The van der Waals surface area contributed by atoms with Crippen LogP contribution in [0.4, 0.5) is 4.39 Å². The predicted octanol–water partition coefficient (Wildman–Crippen LogP) is 3.33. The van der Waals surface area contributed by atoms with Crippen LogP contribution in [0.1, 0.15) is 31.2 Å². The maximum absolute atomic E-state index is 12.8. The maximum Gasteiger partial charge on any atom is 0.264 e. The summed E-state index contributed by atoms with van der Waals surface area (Å²) >= 11 is 1.36. The van der Waals surface area contributed by atoms with Crippen molar-refractivity contribution in [3.63, 3.8) is 0 Å². The van der Waals surface area contributed by atoms with Gasteiger partial charge in [0.25, 0.3) is 5.91 Å². The summed E-state index contributed by atoms with van der Waals surface area (Å²) in [7, 11) is 0. The molecule has 0 atom stereocenters. The topological polar surface area (TPSA) is 41.5 Å². The highest BCUT2D eigenvalue weighted by Gasteiger charge is 2.25. The number of hydrogen-bond donors (Lipinski definition) is 1. The van der Waals surface area contributed by atoms with Gasteiger partial charge in [-0.2, -0.15) is 0 Å². The lowest BCUT2D eigenvalue weighted by Gasteiger charge is -2.02. The molecule has 0 radical (unpaired) electrons. The van der Waals surface area contributed by atoms with Crippen LogP contribution in [0.3, 0.4) is 0 Å². The largest absolute Gasteiger partial charge is 0.301 e. The van der Waals surface area contributed by atoms with E-state index in [9.17, 15) is 9.18 Å². The van der Waals surface area contributed by atoms with Crippen LogP contribution >= 0.6 is 11.8 Å². The van der Waals surface area contributed by atoms with Gasteiger partial charge >= 0.3 is 0 Å². The van der Waals surface area contributed by atoms with E-state index in [0.29, 0.717) is 16.1 Å². The van der Waals surface area contributed by atoms with E-state index in [4.69, 9.17) is 0 Å². The van der Waals surface area contributed by atoms with Gasteiger partial charge in [-0.3, -0.25) is 9.79 Å². The highest BCUT2D eigenvalue weighted by Crippen LogP contribution is 2.28. The third-order valence-electron chi connectivity index (χ3n) is 3.44. The summed E-state index contributed by atoms with van der Waals surface area (Å²) in [5.74, 6) is -0.407. The standard InChI is InChI=1S/C15H15FN2OS/c16-11-7-5-10(6-8-11)9-13-14(19)18-15(20-13)17-12-3-1-2-4-12/h5-9,12H,1-4H2,(H,17,18,19)/b13-9+. The summed E-state index contributed by atoms with van der Waals surface area (Å²) in [5.41, 5.74) is 0.811. The molecule has 2 aliphatic rings. The molecule has 1 heterocycles. The Balaban J connectivity index is 1.74. The van der Waals surface area contributed by atoms with Gasteiger partial charge in [-0.25, -0.2) is 4.39 Å². The first kappa shape index (κ1) is 13.4. The summed E-state index contributed by atoms with van der Waals surface area (Å²) in [6, 6.07) is 6.43. The van der Waals surface area contributed by atoms with Gasteiger partial charge in [0, 0.05) is 0 Å². The first-order chi connectivity index (χ1) is 9.70. The maximum atomic E-state index is 12.8. The van der Waals surface area contributed by atoms with Gasteiger partial charge in [-0.05, 0) is 48.4 Å². The van der Waals surface area contributed by atoms with Crippen LogP contribution in [0, 0.1) is 5.82 Å². The monoisotopic (exact) mass is 290 g/mol. The lowest BCUT2D eigenvalue weighted by atomic mass is 10.2. The number of aliphatic imine (C=N–C) groups is 1. The highest BCUT2D eigenvalue weighted by molar-refractivity contribution is 8.18. The van der Waals surface area contributed by atoms with Crippen LogP contribution in [0.15, 0.2) is 34.2 Å². The number of carbonyl (C=O) groups excluding carboxylic acids is 1. The van der Waals surface area contributed by atoms with Crippen molar-refractivity contribution in [1.82, 2.24) is 5.32 Å². The fourth-order valence-corrected chi connectivity index (χ4v) is 3.29. The van der Waals surface area contributed by atoms with Crippen LogP contribution in [-0.4, -0.2) is 17.1 Å². The molecule has 1 saturated carbocycles. The van der Waals surface area contributed by atoms with E-state index in [1.54, 1.807) is 18.2 Å². The fraction of sp³-hybridized carbons (Fsp3) is 0.333. The second kappa shape index (κ2) is 5.79. The molecule has 20 heavy (non-hydrogen) atoms. The van der Waals surface area contributed by atoms with Crippen LogP contribution in [0.2, 0.25) is 0 Å². The van der Waals surface area contributed by atoms with Crippen LogP contribution < -0.4 is 5.32 Å². The van der Waals surface area contributed by atoms with E-state index >= 15 is 0 Å². The molecular formula is C15H15FN2OS. The van der Waals surface area contributed by atoms with Gasteiger partial charge in [0.2, 0.25) is 0 Å². The van der Waals surface area contributed by atoms with Crippen molar-refractivity contribution in [3.05, 3.63) is 40.6 Å². The molecule has 0 aromatic heterocycles. The van der Waals surface area contributed by atoms with Gasteiger partial charge in [0.15, 0.2) is 5.17 Å². The molecule has 1 aromatic carbocycles. The van der Waals surface area contributed by atoms with E-state index in [1.165, 1.54) is 36.7 Å². The minimum atomic E-state index is -0.279. The summed E-state index contributed by atoms with van der Waals surface area (Å²) < 4.78 is 12.8. The lowest BCUT2D eigenvalue weighted by molar-refractivity contribution is -0.115. The number of carbonyl (C=O) groups is 1. The summed E-state index contributed by atoms with van der Waals surface area (Å²) in [6.07, 6.45) is 6.42. The summed E-state index contributed by atoms with van der Waals surface area (Å²) in [5, 5.41) is 3.48. The quantitative estimate of drug-likeness (QED) is 0.849. The third kappa shape index (κ3) is 3.10. The molecule has 0 bridgehead atoms. The number of rotatable bonds is 2. The minimum Gasteiger partial charge on any atom is -0.301 e. The second-order valence-corrected chi connectivity index (χ2v) is 6.02. The Hall–Kier alpha value is -1.62. The number of amidine groups is 1. The van der Waals surface area contributed by atoms with E-state index in [-0.39, 0.29) is 11.7 Å². The zero-order chi connectivity index (χ0) is 13.9. The first-order valence-corrected chi connectivity index (χ1v) is 7.56. The summed E-state index contributed by atoms with van der Waals surface area (Å²) in [4.78, 5) is 17.1. The van der Waals surface area contributed by atoms with E-state index < -0.39 is 0 Å². The molecule has 104 valence electrons. The molecule has 1 aliphatic carbocycles. The minimum absolute atomic E-state index is 0.129. The van der Waals surface area contributed by atoms with Crippen LogP contribution in [0.5, 0.6) is 0 Å². The van der Waals surface area contributed by atoms with Crippen molar-refractivity contribution in [3.8, 4) is 0 Å². The molecule has 3 rings (SSSR count). The number of nitrogens with zero attached hydrogens (tertiary/aromatic N) is 1. The first-order valence-electron chi connectivity index (χ1n) is 6.75. The number of nitrogens with one attached hydrogen (secondary N) is 1. The molecule has 1 N–H and O–H groups in total. The normalized spacial score (nSPS) is 23.8. The average Bonchev–Trinajstić information content (AvgIpc) is 3.04. The van der Waals surface area contributed by atoms with Gasteiger partial charge in [-0.15, -0.1) is 0 Å². The number of thioether (sulfide) groups is 1. The summed E-state index contributed by atoms with van der Waals surface area (Å²) in [6.45, 7) is 0. The Bertz CT molecular complexity index is 574. The zero-order valence-corrected chi connectivity index (χ0v) is 11.8. The molecule has 2 fully saturated rings. The number of benzene rings is 1. The van der Waals surface area contributed by atoms with Crippen molar-refractivity contribution < 1.29 is 9.18 Å². The predicted molar refractivity (Wildman–Crippen MR) is 79.8 cm³/mol. The number of amides is 1. The smallest absolute Gasteiger partial charge is 0.264 e. The Morgan fingerprint density at radius 1 is 1.25 bits per heavy atom. The molecule has 1 amide bonds. The van der Waals surface area contributed by atoms with Crippen LogP contribution in [0.25, 0.3) is 6.08 Å². The number of halogens is 1. The van der Waals surface area contributed by atoms with Gasteiger partial charge in [0.05, 0.1) is 10.9 Å². The Labute approximate surface area is 121 Å². The molecular weight excluding hydrogens is 275 g/mol. The Morgan fingerprint density at radius 2 is 1.95 bits per heavy atom. The zero-order valence-electron chi connectivity index (χ0n) is 10.9. The Kier molecular flexibility index (Phi) is 3.87. The van der Waals surface area contributed by atoms with E-state index in [2.05, 4.69) is 10.3 Å². The molecule has 1 aromatic rings. The van der Waals surface area contributed by atoms with Crippen molar-refractivity contribution in [2.24, 2.45) is 4.99 Å². The van der Waals surface area contributed by atoms with Crippen LogP contribution in [-0.2, 0) is 4.79 Å². The lowest BCUT2D eigenvalue weighted by Crippen LogP contribution is -2.21. The van der Waals surface area contributed by atoms with E-state index in [0.717, 1.165) is 18.4 Å². The van der Waals surface area contributed by atoms with Crippen molar-refractivity contribution in [2.75, 3.05) is 0 Å². The Morgan fingerprint density at radius 3 is 2.65 bits per heavy atom. The third-order valence-corrected chi connectivity index (χ3v) is 4.37. The molecule has 1 saturated heterocycles. The molecule has 0 unspecified atom stereocenters. The van der Waals surface area contributed by atoms with Crippen molar-refractivity contribution in [2.45, 2.75) is 31.7 Å². The fourth-order valence-electron chi connectivity index (χ4n) is 2.40. The van der Waals surface area contributed by atoms with Gasteiger partial charge < -0.3 is 5.32 Å². The average molecular weight is 290 g/mol. The van der Waals surface area contributed by atoms with Crippen molar-refractivity contribution in [1.29, 1.82) is 0 Å². The second-order valence-electron chi connectivity index (χ2n) is 4.99. The van der Waals surface area contributed by atoms with Gasteiger partial charge in [0.1, 0.15) is 5.82 Å². The highest BCUT2D eigenvalue weighted by atomic mass is 32.2. The molecule has 0 spiro atoms. The number of hydrogen-bond acceptors (Lipinski definition) is 3.